The first-order chi connectivity index (χ1) is 18.2. The lowest BCUT2D eigenvalue weighted by atomic mass is 9.95. The van der Waals surface area contributed by atoms with E-state index in [1.54, 1.807) is 6.20 Å². The van der Waals surface area contributed by atoms with Gasteiger partial charge in [-0.1, -0.05) is 66.7 Å². The van der Waals surface area contributed by atoms with Gasteiger partial charge >= 0.3 is 0 Å². The molecule has 1 N–H and O–H groups in total. The number of aryl methyl sites for hydroxylation is 1. The molecule has 0 atom stereocenters. The minimum atomic E-state index is 0.879. The molecule has 2 aromatic heterocycles. The lowest BCUT2D eigenvalue weighted by Crippen LogP contribution is -1.93. The fourth-order valence-electron chi connectivity index (χ4n) is 5.38. The second-order valence-corrected chi connectivity index (χ2v) is 9.53. The summed E-state index contributed by atoms with van der Waals surface area (Å²) in [5.41, 5.74) is 10.8. The van der Waals surface area contributed by atoms with Crippen molar-refractivity contribution in [3.8, 4) is 39.3 Å². The molecule has 7 rings (SSSR count). The summed E-state index contributed by atoms with van der Waals surface area (Å²) < 4.78 is 2.35. The molecule has 0 spiro atoms. The van der Waals surface area contributed by atoms with Gasteiger partial charge in [-0.05, 0) is 83.3 Å². The number of benzene rings is 5. The summed E-state index contributed by atoms with van der Waals surface area (Å²) in [7, 11) is 0. The highest BCUT2D eigenvalue weighted by molar-refractivity contribution is 6.11. The molecule has 0 bridgehead atoms. The number of nitrogens with zero attached hydrogens (tertiary/aromatic N) is 2. The van der Waals surface area contributed by atoms with Crippen LogP contribution in [0.15, 0.2) is 128 Å². The standard InChI is InChI=1S/C34H25N3/c1-23-18-27(24-8-4-2-5-9-24)20-28(19-23)25-12-14-32-30(21-25)31-22-26(34-35-16-17-36-34)13-15-33(31)37(32)29-10-6-3-7-11-29/h2-22H,1H3,(H,35,36). The van der Waals surface area contributed by atoms with Gasteiger partial charge in [0.1, 0.15) is 5.82 Å². The van der Waals surface area contributed by atoms with Gasteiger partial charge in [0.05, 0.1) is 11.0 Å². The summed E-state index contributed by atoms with van der Waals surface area (Å²) in [6.07, 6.45) is 3.67. The van der Waals surface area contributed by atoms with Gasteiger partial charge in [0.2, 0.25) is 0 Å². The highest BCUT2D eigenvalue weighted by Gasteiger charge is 2.15. The summed E-state index contributed by atoms with van der Waals surface area (Å²) in [4.78, 5) is 7.74. The zero-order valence-corrected chi connectivity index (χ0v) is 20.5. The third-order valence-corrected chi connectivity index (χ3v) is 7.07. The first kappa shape index (κ1) is 21.4. The molecule has 2 heterocycles. The predicted octanol–water partition coefficient (Wildman–Crippen LogP) is 8.82. The SMILES string of the molecule is Cc1cc(-c2ccccc2)cc(-c2ccc3c(c2)c2cc(-c4ncc[nH]4)ccc2n3-c2ccccc2)c1. The number of aromatic nitrogens is 3. The van der Waals surface area contributed by atoms with Gasteiger partial charge in [-0.15, -0.1) is 0 Å². The third kappa shape index (κ3) is 3.73. The monoisotopic (exact) mass is 475 g/mol. The molecule has 3 nitrogen and oxygen atoms in total. The Morgan fingerprint density at radius 3 is 1.86 bits per heavy atom. The summed E-state index contributed by atoms with van der Waals surface area (Å²) >= 11 is 0. The Hall–Kier alpha value is -4.89. The largest absolute Gasteiger partial charge is 0.345 e. The lowest BCUT2D eigenvalue weighted by Gasteiger charge is -2.10. The summed E-state index contributed by atoms with van der Waals surface area (Å²) in [5, 5.41) is 2.44. The Labute approximate surface area is 215 Å². The third-order valence-electron chi connectivity index (χ3n) is 7.07. The van der Waals surface area contributed by atoms with Gasteiger partial charge < -0.3 is 9.55 Å². The van der Waals surface area contributed by atoms with Crippen LogP contribution in [0.3, 0.4) is 0 Å². The van der Waals surface area contributed by atoms with E-state index < -0.39 is 0 Å². The molecule has 176 valence electrons. The summed E-state index contributed by atoms with van der Waals surface area (Å²) in [6.45, 7) is 2.17. The molecule has 7 aromatic rings. The molecule has 0 unspecified atom stereocenters. The maximum atomic E-state index is 4.49. The van der Waals surface area contributed by atoms with Crippen LogP contribution in [0.5, 0.6) is 0 Å². The fraction of sp³-hybridized carbons (Fsp3) is 0.0294. The molecule has 0 aliphatic rings. The number of imidazole rings is 1. The van der Waals surface area contributed by atoms with Gasteiger partial charge in [-0.2, -0.15) is 0 Å². The number of rotatable bonds is 4. The van der Waals surface area contributed by atoms with Gasteiger partial charge in [0, 0.05) is 34.4 Å². The fourth-order valence-corrected chi connectivity index (χ4v) is 5.38. The maximum Gasteiger partial charge on any atom is 0.137 e. The lowest BCUT2D eigenvalue weighted by molar-refractivity contribution is 1.18. The van der Waals surface area contributed by atoms with Crippen LogP contribution >= 0.6 is 0 Å². The molecular formula is C34H25N3. The van der Waals surface area contributed by atoms with E-state index in [1.807, 2.05) is 6.20 Å². The van der Waals surface area contributed by atoms with Crippen LogP contribution < -0.4 is 0 Å². The molecule has 0 aliphatic heterocycles. The quantitative estimate of drug-likeness (QED) is 0.271. The van der Waals surface area contributed by atoms with Crippen LogP contribution in [0, 0.1) is 6.92 Å². The van der Waals surface area contributed by atoms with Crippen LogP contribution in [-0.2, 0) is 0 Å². The van der Waals surface area contributed by atoms with Crippen molar-refractivity contribution in [3.63, 3.8) is 0 Å². The van der Waals surface area contributed by atoms with E-state index in [4.69, 9.17) is 0 Å². The Morgan fingerprint density at radius 2 is 1.19 bits per heavy atom. The van der Waals surface area contributed by atoms with E-state index in [0.29, 0.717) is 0 Å². The van der Waals surface area contributed by atoms with E-state index in [2.05, 4.69) is 137 Å². The highest BCUT2D eigenvalue weighted by atomic mass is 15.0. The molecule has 0 saturated heterocycles. The molecule has 0 amide bonds. The highest BCUT2D eigenvalue weighted by Crippen LogP contribution is 2.37. The smallest absolute Gasteiger partial charge is 0.137 e. The number of nitrogens with one attached hydrogen (secondary N) is 1. The average molecular weight is 476 g/mol. The van der Waals surface area contributed by atoms with Crippen LogP contribution in [0.25, 0.3) is 61.1 Å². The Balaban J connectivity index is 1.47. The number of aromatic amines is 1. The Kier molecular flexibility index (Phi) is 5.00. The van der Waals surface area contributed by atoms with Crippen LogP contribution in [0.2, 0.25) is 0 Å². The normalized spacial score (nSPS) is 11.4. The van der Waals surface area contributed by atoms with Crippen molar-refractivity contribution < 1.29 is 0 Å². The Morgan fingerprint density at radius 1 is 0.568 bits per heavy atom. The average Bonchev–Trinajstić information content (AvgIpc) is 3.60. The second-order valence-electron chi connectivity index (χ2n) is 9.53. The molecule has 3 heteroatoms. The molecule has 0 aliphatic carbocycles. The van der Waals surface area contributed by atoms with Crippen molar-refractivity contribution in [3.05, 3.63) is 133 Å². The number of fused-ring (bicyclic) bond motifs is 3. The van der Waals surface area contributed by atoms with Crippen molar-refractivity contribution in [1.82, 2.24) is 14.5 Å². The van der Waals surface area contributed by atoms with E-state index >= 15 is 0 Å². The minimum Gasteiger partial charge on any atom is -0.345 e. The molecule has 37 heavy (non-hydrogen) atoms. The topological polar surface area (TPSA) is 33.6 Å². The van der Waals surface area contributed by atoms with Gasteiger partial charge in [-0.25, -0.2) is 4.98 Å². The molecule has 0 radical (unpaired) electrons. The number of para-hydroxylation sites is 1. The zero-order valence-electron chi connectivity index (χ0n) is 20.5. The molecule has 0 fully saturated rings. The van der Waals surface area contributed by atoms with E-state index in [-0.39, 0.29) is 0 Å². The number of H-pyrrole nitrogens is 1. The van der Waals surface area contributed by atoms with Gasteiger partial charge in [0.15, 0.2) is 0 Å². The van der Waals surface area contributed by atoms with Crippen LogP contribution in [0.1, 0.15) is 5.56 Å². The van der Waals surface area contributed by atoms with Crippen LogP contribution in [0.4, 0.5) is 0 Å². The predicted molar refractivity (Wildman–Crippen MR) is 154 cm³/mol. The zero-order chi connectivity index (χ0) is 24.8. The van der Waals surface area contributed by atoms with Crippen molar-refractivity contribution in [2.45, 2.75) is 6.92 Å². The van der Waals surface area contributed by atoms with Crippen molar-refractivity contribution in [1.29, 1.82) is 0 Å². The number of hydrogen-bond acceptors (Lipinski definition) is 1. The van der Waals surface area contributed by atoms with E-state index in [0.717, 1.165) is 17.1 Å². The Bertz CT molecular complexity index is 1860. The minimum absolute atomic E-state index is 0.879. The first-order valence-electron chi connectivity index (χ1n) is 12.6. The molecule has 5 aromatic carbocycles. The summed E-state index contributed by atoms with van der Waals surface area (Å²) in [5.74, 6) is 0.879. The van der Waals surface area contributed by atoms with Crippen molar-refractivity contribution in [2.75, 3.05) is 0 Å². The van der Waals surface area contributed by atoms with E-state index in [9.17, 15) is 0 Å². The van der Waals surface area contributed by atoms with Crippen molar-refractivity contribution in [2.24, 2.45) is 0 Å². The van der Waals surface area contributed by atoms with Gasteiger partial charge in [-0.3, -0.25) is 0 Å². The van der Waals surface area contributed by atoms with Crippen molar-refractivity contribution >= 4 is 21.8 Å². The van der Waals surface area contributed by atoms with Crippen LogP contribution in [-0.4, -0.2) is 14.5 Å². The maximum absolute atomic E-state index is 4.49. The summed E-state index contributed by atoms with van der Waals surface area (Å²) in [6, 6.07) is 41.5. The van der Waals surface area contributed by atoms with Gasteiger partial charge in [0.25, 0.3) is 0 Å². The molecule has 0 saturated carbocycles. The second kappa shape index (κ2) is 8.65. The number of hydrogen-bond donors (Lipinski definition) is 1. The van der Waals surface area contributed by atoms with E-state index in [1.165, 1.54) is 49.6 Å². The molecular weight excluding hydrogens is 450 g/mol. The first-order valence-corrected chi connectivity index (χ1v) is 12.6.